The van der Waals surface area contributed by atoms with Crippen molar-refractivity contribution >= 4 is 36.4 Å². The molecule has 1 aliphatic heterocycles. The number of rotatable bonds is 4. The van der Waals surface area contributed by atoms with Crippen molar-refractivity contribution in [3.63, 3.8) is 0 Å². The molecular weight excluding hydrogens is 392 g/mol. The molecule has 2 aromatic rings. The van der Waals surface area contributed by atoms with Gasteiger partial charge >= 0.3 is 0 Å². The van der Waals surface area contributed by atoms with Gasteiger partial charge < -0.3 is 15.6 Å². The number of fused-ring (bicyclic) bond motifs is 1. The van der Waals surface area contributed by atoms with E-state index in [0.717, 1.165) is 38.1 Å². The Morgan fingerprint density at radius 1 is 1.22 bits per heavy atom. The third kappa shape index (κ3) is 5.18. The minimum atomic E-state index is -0.613. The summed E-state index contributed by atoms with van der Waals surface area (Å²) in [5.41, 5.74) is 6.71. The molecule has 1 amide bonds. The van der Waals surface area contributed by atoms with Crippen molar-refractivity contribution in [2.75, 3.05) is 5.32 Å². The smallest absolute Gasteiger partial charge is 0.241 e. The molecule has 0 radical (unpaired) electrons. The molecule has 2 heterocycles. The number of benzene rings is 1. The van der Waals surface area contributed by atoms with E-state index in [2.05, 4.69) is 15.5 Å². The van der Waals surface area contributed by atoms with E-state index in [0.29, 0.717) is 17.1 Å². The maximum Gasteiger partial charge on any atom is 0.241 e. The fourth-order valence-electron chi connectivity index (χ4n) is 2.99. The number of carbonyl (C=O) groups excluding carboxylic acids is 1. The Labute approximate surface area is 170 Å². The van der Waals surface area contributed by atoms with Gasteiger partial charge in [0.05, 0.1) is 11.6 Å². The van der Waals surface area contributed by atoms with E-state index in [1.54, 1.807) is 6.07 Å². The van der Waals surface area contributed by atoms with Crippen molar-refractivity contribution in [3.8, 4) is 11.4 Å². The summed E-state index contributed by atoms with van der Waals surface area (Å²) in [5, 5.41) is 11.2. The van der Waals surface area contributed by atoms with Gasteiger partial charge in [0.15, 0.2) is 5.82 Å². The van der Waals surface area contributed by atoms with E-state index in [4.69, 9.17) is 5.73 Å². The van der Waals surface area contributed by atoms with Gasteiger partial charge in [-0.2, -0.15) is 0 Å². The number of nitrogens with two attached hydrogens (primary N) is 1. The summed E-state index contributed by atoms with van der Waals surface area (Å²) < 4.78 is 16.4. The van der Waals surface area contributed by atoms with Crippen LogP contribution in [0.25, 0.3) is 11.4 Å². The van der Waals surface area contributed by atoms with Crippen molar-refractivity contribution < 1.29 is 9.18 Å². The lowest BCUT2D eigenvalue weighted by Crippen LogP contribution is -2.39. The Bertz CT molecular complexity index is 781. The molecule has 1 atom stereocenters. The minimum Gasteiger partial charge on any atom is -0.325 e. The van der Waals surface area contributed by atoms with E-state index in [9.17, 15) is 9.18 Å². The topological polar surface area (TPSA) is 85.8 Å². The summed E-state index contributed by atoms with van der Waals surface area (Å²) in [5.74, 6) is 0.757. The third-order valence-corrected chi connectivity index (χ3v) is 4.61. The molecule has 0 saturated heterocycles. The minimum absolute atomic E-state index is 0. The molecule has 1 aliphatic rings. The SMILES string of the molecule is CC(C)[C@H](N)C(=O)Nc1ccc(F)c(-c2nnc3n2CCCCC3)c1.Cl.Cl. The van der Waals surface area contributed by atoms with Crippen molar-refractivity contribution in [1.29, 1.82) is 0 Å². The number of amides is 1. The van der Waals surface area contributed by atoms with Crippen molar-refractivity contribution in [2.24, 2.45) is 11.7 Å². The molecule has 1 aromatic carbocycles. The van der Waals surface area contributed by atoms with Gasteiger partial charge in [0.1, 0.15) is 11.6 Å². The number of nitrogens with zero attached hydrogens (tertiary/aromatic N) is 3. The quantitative estimate of drug-likeness (QED) is 0.795. The number of carbonyl (C=O) groups is 1. The van der Waals surface area contributed by atoms with Crippen LogP contribution >= 0.6 is 24.8 Å². The number of hydrogen-bond acceptors (Lipinski definition) is 4. The lowest BCUT2D eigenvalue weighted by Gasteiger charge is -2.16. The first kappa shape index (κ1) is 23.3. The van der Waals surface area contributed by atoms with Crippen LogP contribution in [0.4, 0.5) is 10.1 Å². The second-order valence-electron chi connectivity index (χ2n) is 6.86. The summed E-state index contributed by atoms with van der Waals surface area (Å²) in [6.45, 7) is 4.55. The molecule has 0 bridgehead atoms. The van der Waals surface area contributed by atoms with E-state index in [-0.39, 0.29) is 42.5 Å². The number of anilines is 1. The zero-order valence-electron chi connectivity index (χ0n) is 15.4. The molecule has 0 fully saturated rings. The van der Waals surface area contributed by atoms with Crippen LogP contribution in [0.15, 0.2) is 18.2 Å². The number of aryl methyl sites for hydroxylation is 1. The summed E-state index contributed by atoms with van der Waals surface area (Å²) in [6, 6.07) is 3.86. The number of hydrogen-bond donors (Lipinski definition) is 2. The maximum atomic E-state index is 14.4. The molecule has 0 spiro atoms. The second kappa shape index (κ2) is 10.0. The Hall–Kier alpha value is -1.70. The predicted octanol–water partition coefficient (Wildman–Crippen LogP) is 3.58. The zero-order chi connectivity index (χ0) is 18.0. The van der Waals surface area contributed by atoms with E-state index in [1.165, 1.54) is 12.1 Å². The van der Waals surface area contributed by atoms with Crippen LogP contribution in [0, 0.1) is 11.7 Å². The monoisotopic (exact) mass is 417 g/mol. The van der Waals surface area contributed by atoms with Crippen LogP contribution in [-0.2, 0) is 17.8 Å². The molecule has 0 unspecified atom stereocenters. The van der Waals surface area contributed by atoms with E-state index < -0.39 is 6.04 Å². The Kier molecular flexibility index (Phi) is 8.65. The number of halogens is 3. The van der Waals surface area contributed by atoms with Crippen LogP contribution < -0.4 is 11.1 Å². The lowest BCUT2D eigenvalue weighted by molar-refractivity contribution is -0.118. The number of nitrogens with one attached hydrogen (secondary N) is 1. The zero-order valence-corrected chi connectivity index (χ0v) is 17.1. The van der Waals surface area contributed by atoms with Gasteiger partial charge in [-0.3, -0.25) is 4.79 Å². The summed E-state index contributed by atoms with van der Waals surface area (Å²) in [6.07, 6.45) is 4.09. The van der Waals surface area contributed by atoms with E-state index >= 15 is 0 Å². The van der Waals surface area contributed by atoms with Gasteiger partial charge in [0, 0.05) is 18.7 Å². The van der Waals surface area contributed by atoms with Gasteiger partial charge in [-0.1, -0.05) is 20.3 Å². The highest BCUT2D eigenvalue weighted by Gasteiger charge is 2.21. The Morgan fingerprint density at radius 3 is 2.67 bits per heavy atom. The maximum absolute atomic E-state index is 14.4. The highest BCUT2D eigenvalue weighted by molar-refractivity contribution is 5.95. The lowest BCUT2D eigenvalue weighted by atomic mass is 10.0. The normalized spacial score (nSPS) is 14.4. The van der Waals surface area contributed by atoms with Crippen LogP contribution in [0.5, 0.6) is 0 Å². The molecular formula is C18H26Cl2FN5O. The van der Waals surface area contributed by atoms with Crippen molar-refractivity contribution in [3.05, 3.63) is 29.8 Å². The molecule has 6 nitrogen and oxygen atoms in total. The van der Waals surface area contributed by atoms with Gasteiger partial charge in [0.25, 0.3) is 0 Å². The van der Waals surface area contributed by atoms with Gasteiger partial charge in [0.2, 0.25) is 5.91 Å². The molecule has 9 heteroatoms. The van der Waals surface area contributed by atoms with Crippen LogP contribution in [0.3, 0.4) is 0 Å². The highest BCUT2D eigenvalue weighted by Crippen LogP contribution is 2.27. The largest absolute Gasteiger partial charge is 0.325 e. The van der Waals surface area contributed by atoms with Crippen LogP contribution in [0.1, 0.15) is 38.9 Å². The summed E-state index contributed by atoms with van der Waals surface area (Å²) in [7, 11) is 0. The van der Waals surface area contributed by atoms with Crippen LogP contribution in [0.2, 0.25) is 0 Å². The molecule has 3 N–H and O–H groups in total. The molecule has 150 valence electrons. The van der Waals surface area contributed by atoms with Gasteiger partial charge in [-0.05, 0) is 37.0 Å². The molecule has 3 rings (SSSR count). The van der Waals surface area contributed by atoms with E-state index in [1.807, 2.05) is 18.4 Å². The molecule has 0 aliphatic carbocycles. The highest BCUT2D eigenvalue weighted by atomic mass is 35.5. The fraction of sp³-hybridized carbons (Fsp3) is 0.500. The Balaban J connectivity index is 0.00000182. The molecule has 0 saturated carbocycles. The fourth-order valence-corrected chi connectivity index (χ4v) is 2.99. The summed E-state index contributed by atoms with van der Waals surface area (Å²) >= 11 is 0. The first-order valence-electron chi connectivity index (χ1n) is 8.76. The predicted molar refractivity (Wildman–Crippen MR) is 109 cm³/mol. The van der Waals surface area contributed by atoms with Crippen molar-refractivity contribution in [2.45, 2.75) is 52.1 Å². The molecule has 1 aromatic heterocycles. The summed E-state index contributed by atoms with van der Waals surface area (Å²) in [4.78, 5) is 12.2. The van der Waals surface area contributed by atoms with Gasteiger partial charge in [-0.25, -0.2) is 4.39 Å². The van der Waals surface area contributed by atoms with Crippen molar-refractivity contribution in [1.82, 2.24) is 14.8 Å². The first-order valence-corrected chi connectivity index (χ1v) is 8.76. The number of aromatic nitrogens is 3. The average Bonchev–Trinajstić information content (AvgIpc) is 2.83. The van der Waals surface area contributed by atoms with Crippen LogP contribution in [-0.4, -0.2) is 26.7 Å². The second-order valence-corrected chi connectivity index (χ2v) is 6.86. The first-order chi connectivity index (χ1) is 12.0. The third-order valence-electron chi connectivity index (χ3n) is 4.61. The molecule has 27 heavy (non-hydrogen) atoms. The Morgan fingerprint density at radius 2 is 1.96 bits per heavy atom. The average molecular weight is 418 g/mol. The standard InChI is InChI=1S/C18H24FN5O.2ClH/c1-11(2)16(20)18(25)21-12-7-8-14(19)13(10-12)17-23-22-15-6-4-3-5-9-24(15)17;;/h7-8,10-11,16H,3-6,9,20H2,1-2H3,(H,21,25);2*1H/t16-;;/m0../s1. The van der Waals surface area contributed by atoms with Gasteiger partial charge in [-0.15, -0.1) is 35.0 Å².